The van der Waals surface area contributed by atoms with E-state index in [9.17, 15) is 24.9 Å². The Balaban J connectivity index is 0.000000150. The van der Waals surface area contributed by atoms with Crippen LogP contribution in [0.3, 0.4) is 0 Å². The number of rotatable bonds is 2. The minimum Gasteiger partial charge on any atom is -0.507 e. The van der Waals surface area contributed by atoms with Crippen molar-refractivity contribution in [2.45, 2.75) is 38.8 Å². The lowest BCUT2D eigenvalue weighted by Gasteiger charge is -2.31. The molecule has 0 saturated carbocycles. The minimum absolute atomic E-state index is 0.0671. The molecule has 2 aliphatic rings. The normalized spacial score (nSPS) is 19.7. The standard InChI is InChI=1S/2C12H13NO3.C10H8O/c2*1-7-6-12(2,11(15)16)13-10-8(7)4-3-5-9(10)14;11-10-7-3-5-8-4-1-2-6-9(8)10/h2*3-6,13-14H,1-2H3,(H,15,16);1-7,11H. The van der Waals surface area contributed by atoms with Crippen molar-refractivity contribution >= 4 is 45.2 Å². The van der Waals surface area contributed by atoms with Gasteiger partial charge in [-0.2, -0.15) is 0 Å². The summed E-state index contributed by atoms with van der Waals surface area (Å²) in [7, 11) is 0. The first-order valence-corrected chi connectivity index (χ1v) is 13.5. The number of phenolic OH excluding ortho intramolecular Hbond substituents is 3. The van der Waals surface area contributed by atoms with Gasteiger partial charge < -0.3 is 36.2 Å². The molecule has 7 N–H and O–H groups in total. The van der Waals surface area contributed by atoms with E-state index in [1.165, 1.54) is 12.1 Å². The number of allylic oxidation sites excluding steroid dienone is 2. The van der Waals surface area contributed by atoms with E-state index in [0.717, 1.165) is 33.0 Å². The third-order valence-electron chi connectivity index (χ3n) is 7.37. The Morgan fingerprint density at radius 2 is 0.977 bits per heavy atom. The maximum absolute atomic E-state index is 11.2. The predicted molar refractivity (Wildman–Crippen MR) is 168 cm³/mol. The highest BCUT2D eigenvalue weighted by atomic mass is 16.4. The number of aliphatic carboxylic acids is 2. The van der Waals surface area contributed by atoms with Crippen molar-refractivity contribution in [3.63, 3.8) is 0 Å². The number of nitrogens with one attached hydrogen (secondary N) is 2. The maximum Gasteiger partial charge on any atom is 0.333 e. The molecule has 6 rings (SSSR count). The summed E-state index contributed by atoms with van der Waals surface area (Å²) < 4.78 is 0. The average Bonchev–Trinajstić information content (AvgIpc) is 2.95. The molecule has 0 spiro atoms. The molecule has 2 heterocycles. The molecule has 43 heavy (non-hydrogen) atoms. The van der Waals surface area contributed by atoms with E-state index in [1.54, 1.807) is 44.2 Å². The van der Waals surface area contributed by atoms with Gasteiger partial charge in [0.1, 0.15) is 17.2 Å². The van der Waals surface area contributed by atoms with Crippen LogP contribution in [0.4, 0.5) is 11.4 Å². The number of hydrogen-bond donors (Lipinski definition) is 7. The molecule has 0 bridgehead atoms. The number of fused-ring (bicyclic) bond motifs is 3. The zero-order valence-corrected chi connectivity index (χ0v) is 24.2. The molecule has 0 amide bonds. The van der Waals surface area contributed by atoms with E-state index >= 15 is 0 Å². The Labute approximate surface area is 249 Å². The zero-order chi connectivity index (χ0) is 31.5. The van der Waals surface area contributed by atoms with E-state index in [0.29, 0.717) is 17.1 Å². The molecule has 222 valence electrons. The first-order chi connectivity index (χ1) is 20.3. The van der Waals surface area contributed by atoms with Crippen molar-refractivity contribution in [2.75, 3.05) is 10.6 Å². The van der Waals surface area contributed by atoms with Crippen molar-refractivity contribution in [3.8, 4) is 17.2 Å². The number of carbonyl (C=O) groups is 2. The summed E-state index contributed by atoms with van der Waals surface area (Å²) in [5.74, 6) is -1.46. The Morgan fingerprint density at radius 3 is 1.42 bits per heavy atom. The van der Waals surface area contributed by atoms with Crippen LogP contribution in [0.15, 0.2) is 91.0 Å². The van der Waals surface area contributed by atoms with Crippen LogP contribution >= 0.6 is 0 Å². The summed E-state index contributed by atoms with van der Waals surface area (Å²) in [5.41, 5.74) is 1.97. The number of carboxylic acids is 2. The van der Waals surface area contributed by atoms with Crippen LogP contribution in [0.5, 0.6) is 17.2 Å². The van der Waals surface area contributed by atoms with Crippen molar-refractivity contribution in [1.29, 1.82) is 0 Å². The molecule has 0 radical (unpaired) electrons. The lowest BCUT2D eigenvalue weighted by Crippen LogP contribution is -2.43. The molecule has 0 saturated heterocycles. The molecule has 9 heteroatoms. The zero-order valence-electron chi connectivity index (χ0n) is 24.2. The second kappa shape index (κ2) is 11.8. The smallest absolute Gasteiger partial charge is 0.333 e. The maximum atomic E-state index is 11.2. The van der Waals surface area contributed by atoms with Crippen LogP contribution in [0.1, 0.15) is 38.8 Å². The molecule has 2 atom stereocenters. The van der Waals surface area contributed by atoms with Crippen molar-refractivity contribution in [2.24, 2.45) is 0 Å². The molecule has 9 nitrogen and oxygen atoms in total. The summed E-state index contributed by atoms with van der Waals surface area (Å²) in [6, 6.07) is 23.5. The van der Waals surface area contributed by atoms with Gasteiger partial charge in [0.15, 0.2) is 11.1 Å². The fourth-order valence-electron chi connectivity index (χ4n) is 5.05. The van der Waals surface area contributed by atoms with Crippen LogP contribution in [-0.4, -0.2) is 48.5 Å². The van der Waals surface area contributed by atoms with Gasteiger partial charge in [-0.3, -0.25) is 0 Å². The van der Waals surface area contributed by atoms with Gasteiger partial charge in [0.2, 0.25) is 0 Å². The van der Waals surface area contributed by atoms with E-state index in [2.05, 4.69) is 10.6 Å². The number of anilines is 2. The van der Waals surface area contributed by atoms with Gasteiger partial charge in [-0.05, 0) is 74.6 Å². The van der Waals surface area contributed by atoms with Crippen molar-refractivity contribution in [3.05, 3.63) is 102 Å². The van der Waals surface area contributed by atoms with E-state index in [-0.39, 0.29) is 11.5 Å². The van der Waals surface area contributed by atoms with Crippen LogP contribution in [0.25, 0.3) is 21.9 Å². The highest BCUT2D eigenvalue weighted by Crippen LogP contribution is 2.40. The van der Waals surface area contributed by atoms with Crippen LogP contribution in [0.2, 0.25) is 0 Å². The van der Waals surface area contributed by atoms with Crippen molar-refractivity contribution in [1.82, 2.24) is 0 Å². The minimum atomic E-state index is -1.17. The first kappa shape index (κ1) is 30.5. The van der Waals surface area contributed by atoms with Gasteiger partial charge in [0, 0.05) is 16.5 Å². The summed E-state index contributed by atoms with van der Waals surface area (Å²) in [6.45, 7) is 6.79. The summed E-state index contributed by atoms with van der Waals surface area (Å²) in [4.78, 5) is 22.3. The topological polar surface area (TPSA) is 159 Å². The Bertz CT molecular complexity index is 1680. The summed E-state index contributed by atoms with van der Waals surface area (Å²) in [5, 5.41) is 54.7. The van der Waals surface area contributed by atoms with Crippen LogP contribution in [-0.2, 0) is 9.59 Å². The predicted octanol–water partition coefficient (Wildman–Crippen LogP) is 6.67. The molecule has 0 aromatic heterocycles. The Kier molecular flexibility index (Phi) is 8.38. The molecule has 4 aromatic carbocycles. The SMILES string of the molecule is CC1=CC(C)(C(=O)O)Nc2c(O)cccc21.CC1=CC(C)(C(=O)O)Nc2c(O)cccc21.Oc1cccc2ccccc12. The average molecular weight is 583 g/mol. The van der Waals surface area contributed by atoms with E-state index in [1.807, 2.05) is 62.4 Å². The first-order valence-electron chi connectivity index (χ1n) is 13.5. The summed E-state index contributed by atoms with van der Waals surface area (Å²) in [6.07, 6.45) is 3.30. The highest BCUT2D eigenvalue weighted by molar-refractivity contribution is 5.95. The Morgan fingerprint density at radius 1 is 0.581 bits per heavy atom. The second-order valence-corrected chi connectivity index (χ2v) is 10.8. The molecule has 2 aliphatic heterocycles. The number of phenols is 3. The lowest BCUT2D eigenvalue weighted by atomic mass is 9.90. The molecule has 2 unspecified atom stereocenters. The molecule has 0 fully saturated rings. The fraction of sp³-hybridized carbons (Fsp3) is 0.176. The lowest BCUT2D eigenvalue weighted by molar-refractivity contribution is -0.141. The van der Waals surface area contributed by atoms with Gasteiger partial charge in [0.05, 0.1) is 11.4 Å². The number of para-hydroxylation sites is 2. The van der Waals surface area contributed by atoms with Gasteiger partial charge in [0.25, 0.3) is 0 Å². The van der Waals surface area contributed by atoms with Crippen LogP contribution in [0, 0.1) is 0 Å². The van der Waals surface area contributed by atoms with Gasteiger partial charge in [-0.25, -0.2) is 9.59 Å². The monoisotopic (exact) mass is 582 g/mol. The quantitative estimate of drug-likeness (QED) is 0.128. The number of carboxylic acid groups (broad SMARTS) is 2. The molecule has 0 aliphatic carbocycles. The number of hydrogen-bond acceptors (Lipinski definition) is 7. The molecule has 4 aromatic rings. The Hall–Kier alpha value is -5.44. The fourth-order valence-corrected chi connectivity index (χ4v) is 5.05. The van der Waals surface area contributed by atoms with E-state index in [4.69, 9.17) is 10.2 Å². The molecular weight excluding hydrogens is 548 g/mol. The highest BCUT2D eigenvalue weighted by Gasteiger charge is 2.36. The third-order valence-corrected chi connectivity index (χ3v) is 7.37. The second-order valence-electron chi connectivity index (χ2n) is 10.8. The number of aromatic hydroxyl groups is 3. The molecular formula is C34H34N2O7. The summed E-state index contributed by atoms with van der Waals surface area (Å²) >= 11 is 0. The largest absolute Gasteiger partial charge is 0.507 e. The van der Waals surface area contributed by atoms with Gasteiger partial charge >= 0.3 is 11.9 Å². The van der Waals surface area contributed by atoms with E-state index < -0.39 is 23.0 Å². The van der Waals surface area contributed by atoms with Gasteiger partial charge in [-0.1, -0.05) is 60.7 Å². The van der Waals surface area contributed by atoms with Crippen molar-refractivity contribution < 1.29 is 35.1 Å². The van der Waals surface area contributed by atoms with Crippen LogP contribution < -0.4 is 10.6 Å². The third kappa shape index (κ3) is 6.25. The van der Waals surface area contributed by atoms with Gasteiger partial charge in [-0.15, -0.1) is 0 Å². The number of benzene rings is 4.